The summed E-state index contributed by atoms with van der Waals surface area (Å²) in [6.45, 7) is 7.16. The third-order valence-electron chi connectivity index (χ3n) is 3.66. The minimum absolute atomic E-state index is 0.0353. The zero-order valence-electron chi connectivity index (χ0n) is 16.3. The van der Waals surface area contributed by atoms with Crippen LogP contribution in [0.1, 0.15) is 26.3 Å². The van der Waals surface area contributed by atoms with Gasteiger partial charge in [0.1, 0.15) is 28.9 Å². The largest absolute Gasteiger partial charge is 0.494 e. The molecule has 28 heavy (non-hydrogen) atoms. The Balaban J connectivity index is 2.26. The molecule has 0 aliphatic carbocycles. The number of nitriles is 1. The van der Waals surface area contributed by atoms with Gasteiger partial charge in [0.2, 0.25) is 0 Å². The van der Waals surface area contributed by atoms with Crippen LogP contribution >= 0.6 is 0 Å². The molecule has 0 saturated carbocycles. The lowest BCUT2D eigenvalue weighted by atomic mass is 10.1. The van der Waals surface area contributed by atoms with Crippen molar-refractivity contribution in [2.75, 3.05) is 25.1 Å². The summed E-state index contributed by atoms with van der Waals surface area (Å²) in [6.07, 6.45) is 1.50. The number of carbonyl (C=O) groups excluding carboxylic acids is 1. The van der Waals surface area contributed by atoms with Gasteiger partial charge in [-0.25, -0.2) is 0 Å². The number of amides is 1. The molecule has 0 heterocycles. The van der Waals surface area contributed by atoms with E-state index in [0.717, 1.165) is 0 Å². The highest BCUT2D eigenvalue weighted by Crippen LogP contribution is 2.27. The Bertz CT molecular complexity index is 884. The fourth-order valence-corrected chi connectivity index (χ4v) is 2.50. The molecule has 146 valence electrons. The Morgan fingerprint density at radius 2 is 1.68 bits per heavy atom. The Kier molecular flexibility index (Phi) is 7.92. The van der Waals surface area contributed by atoms with Crippen molar-refractivity contribution in [3.8, 4) is 23.3 Å². The number of nitrogens with zero attached hydrogens (tertiary/aromatic N) is 1. The van der Waals surface area contributed by atoms with Crippen molar-refractivity contribution in [2.45, 2.75) is 20.8 Å². The van der Waals surface area contributed by atoms with E-state index in [2.05, 4.69) is 5.32 Å². The summed E-state index contributed by atoms with van der Waals surface area (Å²) in [6, 6.07) is 14.2. The van der Waals surface area contributed by atoms with Gasteiger partial charge >= 0.3 is 0 Å². The lowest BCUT2D eigenvalue weighted by molar-refractivity contribution is -0.112. The third kappa shape index (κ3) is 5.78. The molecule has 0 atom stereocenters. The molecule has 0 radical (unpaired) electrons. The second-order valence-corrected chi connectivity index (χ2v) is 5.65. The van der Waals surface area contributed by atoms with Crippen LogP contribution in [0, 0.1) is 11.3 Å². The first kappa shape index (κ1) is 20.8. The van der Waals surface area contributed by atoms with E-state index in [1.54, 1.807) is 42.5 Å². The van der Waals surface area contributed by atoms with Crippen LogP contribution in [0.15, 0.2) is 48.0 Å². The first-order chi connectivity index (χ1) is 13.6. The van der Waals surface area contributed by atoms with Gasteiger partial charge in [0.25, 0.3) is 5.91 Å². The molecule has 0 saturated heterocycles. The van der Waals surface area contributed by atoms with E-state index in [-0.39, 0.29) is 5.57 Å². The molecule has 6 heteroatoms. The predicted octanol–water partition coefficient (Wildman–Crippen LogP) is 4.43. The molecule has 0 aromatic heterocycles. The molecule has 1 N–H and O–H groups in total. The molecule has 2 aromatic rings. The number of nitrogens with one attached hydrogen (secondary N) is 1. The fraction of sp³-hybridized carbons (Fsp3) is 0.273. The van der Waals surface area contributed by atoms with Gasteiger partial charge in [0.15, 0.2) is 0 Å². The van der Waals surface area contributed by atoms with Crippen molar-refractivity contribution >= 4 is 17.7 Å². The smallest absolute Gasteiger partial charge is 0.266 e. The van der Waals surface area contributed by atoms with E-state index in [9.17, 15) is 10.1 Å². The molecule has 0 aliphatic rings. The molecular weight excluding hydrogens is 356 g/mol. The van der Waals surface area contributed by atoms with Crippen LogP contribution in [-0.2, 0) is 4.79 Å². The standard InChI is InChI=1S/C22H24N2O4/c1-4-26-19-9-7-8-18(13-19)24-22(25)17(15-23)12-16-10-11-20(27-5-2)14-21(16)28-6-3/h7-14H,4-6H2,1-3H3,(H,24,25)/b17-12-. The molecular formula is C22H24N2O4. The molecule has 0 unspecified atom stereocenters. The summed E-state index contributed by atoms with van der Waals surface area (Å²) < 4.78 is 16.5. The van der Waals surface area contributed by atoms with Gasteiger partial charge < -0.3 is 19.5 Å². The Labute approximate surface area is 165 Å². The van der Waals surface area contributed by atoms with Crippen LogP contribution < -0.4 is 19.5 Å². The number of hydrogen-bond donors (Lipinski definition) is 1. The SMILES string of the molecule is CCOc1cccc(NC(=O)/C(C#N)=C\c2ccc(OCC)cc2OCC)c1. The first-order valence-electron chi connectivity index (χ1n) is 9.16. The van der Waals surface area contributed by atoms with Crippen LogP contribution in [-0.4, -0.2) is 25.7 Å². The van der Waals surface area contributed by atoms with E-state index in [0.29, 0.717) is 48.3 Å². The van der Waals surface area contributed by atoms with Crippen molar-refractivity contribution in [2.24, 2.45) is 0 Å². The molecule has 0 aliphatic heterocycles. The molecule has 2 aromatic carbocycles. The van der Waals surface area contributed by atoms with E-state index < -0.39 is 5.91 Å². The van der Waals surface area contributed by atoms with Gasteiger partial charge in [-0.15, -0.1) is 0 Å². The van der Waals surface area contributed by atoms with Gasteiger partial charge in [0, 0.05) is 23.4 Å². The lowest BCUT2D eigenvalue weighted by Crippen LogP contribution is -2.13. The normalized spacial score (nSPS) is 10.7. The Morgan fingerprint density at radius 3 is 2.32 bits per heavy atom. The van der Waals surface area contributed by atoms with Crippen molar-refractivity contribution in [1.82, 2.24) is 0 Å². The maximum Gasteiger partial charge on any atom is 0.266 e. The summed E-state index contributed by atoms with van der Waals surface area (Å²) in [7, 11) is 0. The van der Waals surface area contributed by atoms with Crippen molar-refractivity contribution in [3.05, 3.63) is 53.6 Å². The van der Waals surface area contributed by atoms with Crippen molar-refractivity contribution in [3.63, 3.8) is 0 Å². The zero-order chi connectivity index (χ0) is 20.4. The summed E-state index contributed by atoms with van der Waals surface area (Å²) in [5, 5.41) is 12.2. The van der Waals surface area contributed by atoms with E-state index >= 15 is 0 Å². The van der Waals surface area contributed by atoms with Crippen LogP contribution in [0.2, 0.25) is 0 Å². The number of benzene rings is 2. The summed E-state index contributed by atoms with van der Waals surface area (Å²) >= 11 is 0. The van der Waals surface area contributed by atoms with E-state index in [1.807, 2.05) is 26.8 Å². The van der Waals surface area contributed by atoms with E-state index in [4.69, 9.17) is 14.2 Å². The van der Waals surface area contributed by atoms with Gasteiger partial charge in [-0.05, 0) is 51.1 Å². The number of carbonyl (C=O) groups is 1. The van der Waals surface area contributed by atoms with Crippen LogP contribution in [0.4, 0.5) is 5.69 Å². The zero-order valence-corrected chi connectivity index (χ0v) is 16.3. The number of rotatable bonds is 9. The average Bonchev–Trinajstić information content (AvgIpc) is 2.68. The third-order valence-corrected chi connectivity index (χ3v) is 3.66. The minimum Gasteiger partial charge on any atom is -0.494 e. The van der Waals surface area contributed by atoms with Crippen LogP contribution in [0.25, 0.3) is 6.08 Å². The van der Waals surface area contributed by atoms with Gasteiger partial charge in [0.05, 0.1) is 19.8 Å². The highest BCUT2D eigenvalue weighted by Gasteiger charge is 2.12. The monoisotopic (exact) mass is 380 g/mol. The maximum atomic E-state index is 12.5. The second kappa shape index (κ2) is 10.6. The lowest BCUT2D eigenvalue weighted by Gasteiger charge is -2.11. The number of hydrogen-bond acceptors (Lipinski definition) is 5. The number of ether oxygens (including phenoxy) is 3. The highest BCUT2D eigenvalue weighted by molar-refractivity contribution is 6.09. The van der Waals surface area contributed by atoms with Gasteiger partial charge in [-0.2, -0.15) is 5.26 Å². The second-order valence-electron chi connectivity index (χ2n) is 5.65. The molecule has 2 rings (SSSR count). The minimum atomic E-state index is -0.507. The molecule has 0 spiro atoms. The van der Waals surface area contributed by atoms with Crippen molar-refractivity contribution < 1.29 is 19.0 Å². The topological polar surface area (TPSA) is 80.6 Å². The molecule has 0 fully saturated rings. The van der Waals surface area contributed by atoms with Crippen molar-refractivity contribution in [1.29, 1.82) is 5.26 Å². The maximum absolute atomic E-state index is 12.5. The van der Waals surface area contributed by atoms with Crippen LogP contribution in [0.3, 0.4) is 0 Å². The average molecular weight is 380 g/mol. The number of anilines is 1. The molecule has 0 bridgehead atoms. The summed E-state index contributed by atoms with van der Waals surface area (Å²) in [5.41, 5.74) is 1.14. The Morgan fingerprint density at radius 1 is 1.00 bits per heavy atom. The fourth-order valence-electron chi connectivity index (χ4n) is 2.50. The Hall–Kier alpha value is -3.46. The molecule has 1 amide bonds. The quantitative estimate of drug-likeness (QED) is 0.514. The summed E-state index contributed by atoms with van der Waals surface area (Å²) in [4.78, 5) is 12.5. The summed E-state index contributed by atoms with van der Waals surface area (Å²) in [5.74, 6) is 1.35. The van der Waals surface area contributed by atoms with Crippen LogP contribution in [0.5, 0.6) is 17.2 Å². The van der Waals surface area contributed by atoms with Gasteiger partial charge in [-0.1, -0.05) is 6.07 Å². The van der Waals surface area contributed by atoms with Gasteiger partial charge in [-0.3, -0.25) is 4.79 Å². The first-order valence-corrected chi connectivity index (χ1v) is 9.16. The molecule has 6 nitrogen and oxygen atoms in total. The highest BCUT2D eigenvalue weighted by atomic mass is 16.5. The van der Waals surface area contributed by atoms with E-state index in [1.165, 1.54) is 6.08 Å². The predicted molar refractivity (Wildman–Crippen MR) is 109 cm³/mol.